The van der Waals surface area contributed by atoms with E-state index in [9.17, 15) is 10.1 Å². The number of rotatable bonds is 11. The summed E-state index contributed by atoms with van der Waals surface area (Å²) in [6, 6.07) is 32.5. The highest BCUT2D eigenvalue weighted by atomic mass is 16.8. The lowest BCUT2D eigenvalue weighted by molar-refractivity contribution is -0.191. The number of carbonyl (C=O) groups is 1. The number of nitrogens with one attached hydrogen (secondary N) is 1. The highest BCUT2D eigenvalue weighted by Gasteiger charge is 2.56. The maximum atomic E-state index is 11.8. The van der Waals surface area contributed by atoms with Crippen LogP contribution in [-0.2, 0) is 34.1 Å². The Balaban J connectivity index is 1.47. The van der Waals surface area contributed by atoms with Crippen molar-refractivity contribution in [1.82, 2.24) is 5.32 Å². The molecule has 42 heavy (non-hydrogen) atoms. The van der Waals surface area contributed by atoms with Crippen molar-refractivity contribution < 1.29 is 28.5 Å². The molecular formula is C34H36N2O6. The zero-order valence-electron chi connectivity index (χ0n) is 24.1. The summed E-state index contributed by atoms with van der Waals surface area (Å²) in [4.78, 5) is 11.8. The van der Waals surface area contributed by atoms with Crippen molar-refractivity contribution in [2.24, 2.45) is 0 Å². The van der Waals surface area contributed by atoms with Crippen LogP contribution >= 0.6 is 0 Å². The van der Waals surface area contributed by atoms with Crippen LogP contribution in [-0.4, -0.2) is 55.9 Å². The van der Waals surface area contributed by atoms with Crippen LogP contribution in [0.4, 0.5) is 0 Å². The van der Waals surface area contributed by atoms with Gasteiger partial charge in [0.15, 0.2) is 5.79 Å². The monoisotopic (exact) mass is 568 g/mol. The molecule has 0 spiro atoms. The van der Waals surface area contributed by atoms with E-state index in [1.54, 1.807) is 6.92 Å². The number of esters is 1. The summed E-state index contributed by atoms with van der Waals surface area (Å²) in [5, 5.41) is 12.9. The Morgan fingerprint density at radius 2 is 1.45 bits per heavy atom. The van der Waals surface area contributed by atoms with Crippen LogP contribution in [0, 0.1) is 11.3 Å². The first-order chi connectivity index (χ1) is 20.4. The number of fused-ring (bicyclic) bond motifs is 1. The van der Waals surface area contributed by atoms with Gasteiger partial charge >= 0.3 is 5.97 Å². The molecule has 2 aliphatic rings. The van der Waals surface area contributed by atoms with Gasteiger partial charge in [-0.05, 0) is 37.5 Å². The number of nitriles is 1. The Labute approximate surface area is 246 Å². The van der Waals surface area contributed by atoms with Crippen LogP contribution < -0.4 is 5.32 Å². The molecule has 3 aromatic carbocycles. The number of ether oxygens (including phenoxy) is 5. The van der Waals surface area contributed by atoms with E-state index in [4.69, 9.17) is 23.7 Å². The van der Waals surface area contributed by atoms with Gasteiger partial charge in [-0.25, -0.2) is 0 Å². The third-order valence-corrected chi connectivity index (χ3v) is 7.40. The van der Waals surface area contributed by atoms with E-state index in [1.807, 2.05) is 68.4 Å². The molecule has 2 aliphatic heterocycles. The summed E-state index contributed by atoms with van der Waals surface area (Å²) >= 11 is 0. The van der Waals surface area contributed by atoms with E-state index < -0.39 is 41.8 Å². The Morgan fingerprint density at radius 1 is 0.929 bits per heavy atom. The molecule has 218 valence electrons. The van der Waals surface area contributed by atoms with Crippen LogP contribution in [0.1, 0.15) is 37.5 Å². The summed E-state index contributed by atoms with van der Waals surface area (Å²) in [7, 11) is 0. The van der Waals surface area contributed by atoms with Crippen molar-refractivity contribution in [3.8, 4) is 6.07 Å². The fourth-order valence-electron chi connectivity index (χ4n) is 5.68. The van der Waals surface area contributed by atoms with Crippen molar-refractivity contribution in [3.05, 3.63) is 119 Å². The molecule has 0 bridgehead atoms. The maximum Gasteiger partial charge on any atom is 0.325 e. The Morgan fingerprint density at radius 3 is 1.95 bits per heavy atom. The van der Waals surface area contributed by atoms with E-state index in [1.165, 1.54) is 6.20 Å². The van der Waals surface area contributed by atoms with Crippen LogP contribution in [0.3, 0.4) is 0 Å². The van der Waals surface area contributed by atoms with Gasteiger partial charge in [0.25, 0.3) is 0 Å². The molecule has 0 aliphatic carbocycles. The molecule has 1 N–H and O–H groups in total. The molecule has 1 unspecified atom stereocenters. The van der Waals surface area contributed by atoms with Crippen molar-refractivity contribution in [2.45, 2.75) is 56.6 Å². The molecule has 0 saturated carbocycles. The molecule has 2 heterocycles. The molecule has 3 aromatic rings. The molecule has 0 amide bonds. The van der Waals surface area contributed by atoms with Gasteiger partial charge < -0.3 is 29.0 Å². The largest absolute Gasteiger partial charge is 0.465 e. The zero-order chi connectivity index (χ0) is 29.6. The normalized spacial score (nSPS) is 23.1. The smallest absolute Gasteiger partial charge is 0.325 e. The summed E-state index contributed by atoms with van der Waals surface area (Å²) in [6.07, 6.45) is -0.794. The molecule has 5 rings (SSSR count). The number of benzene rings is 3. The maximum absolute atomic E-state index is 11.8. The van der Waals surface area contributed by atoms with Crippen LogP contribution in [0.15, 0.2) is 103 Å². The third kappa shape index (κ3) is 6.10. The van der Waals surface area contributed by atoms with Crippen molar-refractivity contribution in [1.29, 1.82) is 5.26 Å². The predicted molar refractivity (Wildman–Crippen MR) is 156 cm³/mol. The van der Waals surface area contributed by atoms with E-state index in [2.05, 4.69) is 47.8 Å². The highest BCUT2D eigenvalue weighted by Crippen LogP contribution is 2.44. The fourth-order valence-corrected chi connectivity index (χ4v) is 5.68. The first-order valence-corrected chi connectivity index (χ1v) is 14.2. The highest BCUT2D eigenvalue weighted by molar-refractivity contribution is 5.71. The fraction of sp³-hybridized carbons (Fsp3) is 0.353. The lowest BCUT2D eigenvalue weighted by Gasteiger charge is -2.37. The SMILES string of the molecule is CCOC(=O)CN/C=C(\C#N)C1O[C@H](COC(c2ccccc2)(c2ccccc2)c2ccccc2)[C@H]2OC(C)(C)O[C@@H]12. The quantitative estimate of drug-likeness (QED) is 0.199. The molecule has 0 aromatic heterocycles. The third-order valence-electron chi connectivity index (χ3n) is 7.40. The number of hydrogen-bond acceptors (Lipinski definition) is 8. The van der Waals surface area contributed by atoms with Crippen LogP contribution in [0.2, 0.25) is 0 Å². The predicted octanol–water partition coefficient (Wildman–Crippen LogP) is 4.84. The van der Waals surface area contributed by atoms with Gasteiger partial charge in [-0.1, -0.05) is 91.0 Å². The second-order valence-electron chi connectivity index (χ2n) is 10.6. The van der Waals surface area contributed by atoms with Crippen molar-refractivity contribution in [2.75, 3.05) is 19.8 Å². The van der Waals surface area contributed by atoms with E-state index in [-0.39, 0.29) is 19.8 Å². The first kappa shape index (κ1) is 29.5. The van der Waals surface area contributed by atoms with Crippen molar-refractivity contribution in [3.63, 3.8) is 0 Å². The Hall–Kier alpha value is -4.00. The van der Waals surface area contributed by atoms with Crippen molar-refractivity contribution >= 4 is 5.97 Å². The topological polar surface area (TPSA) is 99.0 Å². The van der Waals surface area contributed by atoms with Gasteiger partial charge in [0, 0.05) is 6.20 Å². The van der Waals surface area contributed by atoms with Gasteiger partial charge in [-0.2, -0.15) is 5.26 Å². The lowest BCUT2D eigenvalue weighted by Crippen LogP contribution is -2.39. The van der Waals surface area contributed by atoms with Gasteiger partial charge in [0.2, 0.25) is 0 Å². The molecule has 0 radical (unpaired) electrons. The summed E-state index contributed by atoms with van der Waals surface area (Å²) < 4.78 is 31.0. The molecule has 8 nitrogen and oxygen atoms in total. The van der Waals surface area contributed by atoms with E-state index in [0.29, 0.717) is 5.57 Å². The van der Waals surface area contributed by atoms with Crippen LogP contribution in [0.5, 0.6) is 0 Å². The minimum atomic E-state index is -0.940. The van der Waals surface area contributed by atoms with Gasteiger partial charge in [-0.15, -0.1) is 0 Å². The van der Waals surface area contributed by atoms with Gasteiger partial charge in [0.05, 0.1) is 24.9 Å². The second kappa shape index (κ2) is 12.9. The van der Waals surface area contributed by atoms with Gasteiger partial charge in [0.1, 0.15) is 36.6 Å². The Bertz CT molecular complexity index is 1310. The summed E-state index contributed by atoms with van der Waals surface area (Å²) in [5.41, 5.74) is 2.26. The second-order valence-corrected chi connectivity index (χ2v) is 10.6. The summed E-state index contributed by atoms with van der Waals surface area (Å²) in [6.45, 7) is 5.80. The molecule has 4 atom stereocenters. The first-order valence-electron chi connectivity index (χ1n) is 14.2. The van der Waals surface area contributed by atoms with E-state index >= 15 is 0 Å². The van der Waals surface area contributed by atoms with Crippen LogP contribution in [0.25, 0.3) is 0 Å². The summed E-state index contributed by atoms with van der Waals surface area (Å²) in [5.74, 6) is -1.28. The Kier molecular flexibility index (Phi) is 9.05. The molecule has 8 heteroatoms. The van der Waals surface area contributed by atoms with Gasteiger partial charge in [-0.3, -0.25) is 4.79 Å². The average Bonchev–Trinajstić information content (AvgIpc) is 3.50. The number of nitrogens with zero attached hydrogens (tertiary/aromatic N) is 1. The zero-order valence-corrected chi connectivity index (χ0v) is 24.1. The average molecular weight is 569 g/mol. The van der Waals surface area contributed by atoms with E-state index in [0.717, 1.165) is 16.7 Å². The molecule has 2 fully saturated rings. The molecule has 2 saturated heterocycles. The minimum Gasteiger partial charge on any atom is -0.465 e. The standard InChI is InChI=1S/C34H36N2O6/c1-4-38-29(37)22-36-21-24(20-35)30-32-31(41-33(2,3)42-32)28(40-30)23-39-34(25-14-8-5-9-15-25,26-16-10-6-11-17-26)27-18-12-7-13-19-27/h5-19,21,28,30-32,36H,4,22-23H2,1-3H3/b24-21+/t28-,30?,31-,32+/m1/s1. The lowest BCUT2D eigenvalue weighted by atomic mass is 9.80. The number of hydrogen-bond donors (Lipinski definition) is 1. The minimum absolute atomic E-state index is 0.0665. The molecular weight excluding hydrogens is 532 g/mol. The number of carbonyl (C=O) groups excluding carboxylic acids is 1.